The molecule has 0 spiro atoms. The molecule has 7 heteroatoms. The van der Waals surface area contributed by atoms with E-state index in [2.05, 4.69) is 40.1 Å². The molecule has 0 saturated heterocycles. The molecule has 21 heavy (non-hydrogen) atoms. The van der Waals surface area contributed by atoms with Crippen molar-refractivity contribution in [2.75, 3.05) is 18.9 Å². The second kappa shape index (κ2) is 5.55. The fourth-order valence-electron chi connectivity index (χ4n) is 2.43. The lowest BCUT2D eigenvalue weighted by atomic mass is 10.1. The average molecular weight is 353 g/mol. The molecule has 2 aromatic rings. The molecule has 0 radical (unpaired) electrons. The van der Waals surface area contributed by atoms with E-state index in [0.29, 0.717) is 25.6 Å². The molecular weight excluding hydrogens is 336 g/mol. The van der Waals surface area contributed by atoms with Gasteiger partial charge in [0.25, 0.3) is 0 Å². The zero-order valence-electron chi connectivity index (χ0n) is 12.0. The number of hydrogen-bond acceptors (Lipinski definition) is 5. The number of nitrogen functional groups attached to an aromatic ring is 1. The number of fused-ring (bicyclic) bond motifs is 1. The van der Waals surface area contributed by atoms with E-state index in [-0.39, 0.29) is 5.92 Å². The van der Waals surface area contributed by atoms with Crippen LogP contribution < -0.4 is 15.2 Å². The van der Waals surface area contributed by atoms with E-state index in [1.165, 1.54) is 0 Å². The number of ether oxygens (including phenoxy) is 2. The van der Waals surface area contributed by atoms with Crippen LogP contribution in [0.1, 0.15) is 31.0 Å². The number of aromatic nitrogens is 3. The number of nitrogens with two attached hydrogens (primary N) is 1. The van der Waals surface area contributed by atoms with Gasteiger partial charge in [0.15, 0.2) is 17.3 Å². The van der Waals surface area contributed by atoms with Crippen LogP contribution in [0.15, 0.2) is 16.6 Å². The summed E-state index contributed by atoms with van der Waals surface area (Å²) in [5.74, 6) is 2.27. The van der Waals surface area contributed by atoms with E-state index in [0.717, 1.165) is 27.2 Å². The Morgan fingerprint density at radius 1 is 1.29 bits per heavy atom. The number of rotatable bonds is 3. The van der Waals surface area contributed by atoms with Crippen molar-refractivity contribution in [2.45, 2.75) is 26.3 Å². The summed E-state index contributed by atoms with van der Waals surface area (Å²) in [7, 11) is 0. The van der Waals surface area contributed by atoms with Gasteiger partial charge in [0.05, 0.1) is 12.2 Å². The smallest absolute Gasteiger partial charge is 0.169 e. The third kappa shape index (κ3) is 2.70. The van der Waals surface area contributed by atoms with Gasteiger partial charge in [0.1, 0.15) is 13.2 Å². The summed E-state index contributed by atoms with van der Waals surface area (Å²) in [6, 6.07) is 3.90. The average Bonchev–Trinajstić information content (AvgIpc) is 2.80. The van der Waals surface area contributed by atoms with E-state index < -0.39 is 0 Å². The predicted octanol–water partition coefficient (Wildman–Crippen LogP) is 2.57. The number of benzene rings is 1. The molecule has 112 valence electrons. The lowest BCUT2D eigenvalue weighted by Gasteiger charge is -2.20. The Morgan fingerprint density at radius 2 is 1.95 bits per heavy atom. The van der Waals surface area contributed by atoms with Crippen LogP contribution >= 0.6 is 15.9 Å². The predicted molar refractivity (Wildman–Crippen MR) is 82.8 cm³/mol. The van der Waals surface area contributed by atoms with Gasteiger partial charge in [-0.1, -0.05) is 35.0 Å². The minimum Gasteiger partial charge on any atom is -0.486 e. The van der Waals surface area contributed by atoms with Gasteiger partial charge in [-0.3, -0.25) is 0 Å². The van der Waals surface area contributed by atoms with Crippen LogP contribution in [0.2, 0.25) is 0 Å². The van der Waals surface area contributed by atoms with E-state index in [1.54, 1.807) is 0 Å². The Labute approximate surface area is 131 Å². The molecule has 2 N–H and O–H groups in total. The number of anilines is 1. The Kier molecular flexibility index (Phi) is 3.75. The molecule has 0 fully saturated rings. The van der Waals surface area contributed by atoms with Crippen molar-refractivity contribution in [3.8, 4) is 11.5 Å². The molecule has 0 unspecified atom stereocenters. The molecule has 1 aliphatic rings. The summed E-state index contributed by atoms with van der Waals surface area (Å²) in [4.78, 5) is 0. The highest BCUT2D eigenvalue weighted by molar-refractivity contribution is 9.10. The molecule has 0 bridgehead atoms. The van der Waals surface area contributed by atoms with Gasteiger partial charge in [-0.2, -0.15) is 0 Å². The molecule has 1 aromatic carbocycles. The summed E-state index contributed by atoms with van der Waals surface area (Å²) in [6.07, 6.45) is 0. The van der Waals surface area contributed by atoms with Crippen LogP contribution in [-0.4, -0.2) is 28.2 Å². The molecular formula is C14H17BrN4O2. The number of nitrogens with zero attached hydrogens (tertiary/aromatic N) is 3. The van der Waals surface area contributed by atoms with Crippen molar-refractivity contribution in [3.05, 3.63) is 27.9 Å². The molecule has 0 atom stereocenters. The zero-order valence-corrected chi connectivity index (χ0v) is 13.6. The van der Waals surface area contributed by atoms with Crippen LogP contribution in [0.3, 0.4) is 0 Å². The Morgan fingerprint density at radius 3 is 2.62 bits per heavy atom. The molecule has 0 amide bonds. The Hall–Kier alpha value is -1.76. The summed E-state index contributed by atoms with van der Waals surface area (Å²) >= 11 is 3.57. The lowest BCUT2D eigenvalue weighted by molar-refractivity contribution is 0.171. The Bertz CT molecular complexity index is 669. The van der Waals surface area contributed by atoms with E-state index in [4.69, 9.17) is 15.2 Å². The van der Waals surface area contributed by atoms with Crippen LogP contribution in [0.4, 0.5) is 5.82 Å². The van der Waals surface area contributed by atoms with Crippen molar-refractivity contribution in [2.24, 2.45) is 0 Å². The summed E-state index contributed by atoms with van der Waals surface area (Å²) in [5, 5.41) is 8.10. The van der Waals surface area contributed by atoms with Gasteiger partial charge >= 0.3 is 0 Å². The maximum atomic E-state index is 5.89. The first kappa shape index (κ1) is 14.2. The summed E-state index contributed by atoms with van der Waals surface area (Å²) in [6.45, 7) is 5.88. The molecule has 3 rings (SSSR count). The van der Waals surface area contributed by atoms with Crippen LogP contribution in [0.25, 0.3) is 0 Å². The first-order chi connectivity index (χ1) is 10.1. The second-order valence-corrected chi connectivity index (χ2v) is 6.11. The molecule has 1 aromatic heterocycles. The zero-order chi connectivity index (χ0) is 15.0. The van der Waals surface area contributed by atoms with Crippen LogP contribution in [-0.2, 0) is 6.54 Å². The summed E-state index contributed by atoms with van der Waals surface area (Å²) < 4.78 is 14.0. The molecule has 0 aliphatic carbocycles. The van der Waals surface area contributed by atoms with Crippen molar-refractivity contribution in [3.63, 3.8) is 0 Å². The maximum Gasteiger partial charge on any atom is 0.169 e. The fourth-order valence-corrected chi connectivity index (χ4v) is 2.88. The minimum absolute atomic E-state index is 0.260. The summed E-state index contributed by atoms with van der Waals surface area (Å²) in [5.41, 5.74) is 7.88. The van der Waals surface area contributed by atoms with Crippen LogP contribution in [0.5, 0.6) is 11.5 Å². The first-order valence-electron chi connectivity index (χ1n) is 6.83. The van der Waals surface area contributed by atoms with Gasteiger partial charge in [-0.05, 0) is 23.6 Å². The standard InChI is InChI=1S/C14H17BrN4O2/c1-8(2)13-14(16)17-18-19(13)7-9-5-11-12(6-10(9)15)21-4-3-20-11/h5-6,8H,3-4,7,16H2,1-2H3. The third-order valence-electron chi connectivity index (χ3n) is 3.38. The number of halogens is 1. The minimum atomic E-state index is 0.260. The highest BCUT2D eigenvalue weighted by Crippen LogP contribution is 2.36. The highest BCUT2D eigenvalue weighted by atomic mass is 79.9. The van der Waals surface area contributed by atoms with E-state index in [1.807, 2.05) is 16.8 Å². The van der Waals surface area contributed by atoms with E-state index >= 15 is 0 Å². The van der Waals surface area contributed by atoms with Crippen LogP contribution in [0, 0.1) is 0 Å². The largest absolute Gasteiger partial charge is 0.486 e. The second-order valence-electron chi connectivity index (χ2n) is 5.26. The van der Waals surface area contributed by atoms with Gasteiger partial charge in [-0.15, -0.1) is 5.10 Å². The highest BCUT2D eigenvalue weighted by Gasteiger charge is 2.18. The normalized spacial score (nSPS) is 13.7. The molecule has 0 saturated carbocycles. The van der Waals surface area contributed by atoms with E-state index in [9.17, 15) is 0 Å². The van der Waals surface area contributed by atoms with Crippen molar-refractivity contribution < 1.29 is 9.47 Å². The van der Waals surface area contributed by atoms with Gasteiger partial charge in [-0.25, -0.2) is 4.68 Å². The Balaban J connectivity index is 1.95. The SMILES string of the molecule is CC(C)c1c(N)nnn1Cc1cc2c(cc1Br)OCCO2. The monoisotopic (exact) mass is 352 g/mol. The lowest BCUT2D eigenvalue weighted by Crippen LogP contribution is -2.16. The molecule has 2 heterocycles. The van der Waals surface area contributed by atoms with Crippen molar-refractivity contribution in [1.29, 1.82) is 0 Å². The number of hydrogen-bond donors (Lipinski definition) is 1. The quantitative estimate of drug-likeness (QED) is 0.918. The first-order valence-corrected chi connectivity index (χ1v) is 7.62. The van der Waals surface area contributed by atoms with Crippen molar-refractivity contribution in [1.82, 2.24) is 15.0 Å². The fraction of sp³-hybridized carbons (Fsp3) is 0.429. The molecule has 1 aliphatic heterocycles. The van der Waals surface area contributed by atoms with Gasteiger partial charge in [0.2, 0.25) is 0 Å². The third-order valence-corrected chi connectivity index (χ3v) is 4.12. The molecule has 6 nitrogen and oxygen atoms in total. The van der Waals surface area contributed by atoms with Crippen molar-refractivity contribution >= 4 is 21.7 Å². The van der Waals surface area contributed by atoms with Gasteiger partial charge in [0, 0.05) is 4.47 Å². The van der Waals surface area contributed by atoms with Gasteiger partial charge < -0.3 is 15.2 Å². The maximum absolute atomic E-state index is 5.89. The topological polar surface area (TPSA) is 75.2 Å².